The summed E-state index contributed by atoms with van der Waals surface area (Å²) in [5.41, 5.74) is 10.7. The van der Waals surface area contributed by atoms with Crippen molar-refractivity contribution in [3.8, 4) is 11.4 Å². The molecule has 46 heavy (non-hydrogen) atoms. The Morgan fingerprint density at radius 1 is 0.370 bits per heavy atom. The Hall–Kier alpha value is -5.62. The van der Waals surface area contributed by atoms with E-state index in [-0.39, 0.29) is 0 Å². The van der Waals surface area contributed by atoms with Crippen molar-refractivity contribution in [3.63, 3.8) is 0 Å². The first kappa shape index (κ1) is 30.4. The van der Waals surface area contributed by atoms with Gasteiger partial charge >= 0.3 is 0 Å². The summed E-state index contributed by atoms with van der Waals surface area (Å²) in [6.45, 7) is 1.32. The van der Waals surface area contributed by atoms with Crippen LogP contribution in [0.5, 0.6) is 0 Å². The molecule has 6 heteroatoms. The van der Waals surface area contributed by atoms with Gasteiger partial charge in [0.25, 0.3) is 0 Å². The molecule has 0 aliphatic heterocycles. The highest BCUT2D eigenvalue weighted by atomic mass is 14.8. The van der Waals surface area contributed by atoms with Gasteiger partial charge in [-0.2, -0.15) is 0 Å². The van der Waals surface area contributed by atoms with E-state index in [4.69, 9.17) is 0 Å². The van der Waals surface area contributed by atoms with Crippen LogP contribution >= 0.6 is 0 Å². The van der Waals surface area contributed by atoms with Crippen molar-refractivity contribution in [2.75, 3.05) is 0 Å². The number of pyridine rings is 4. The van der Waals surface area contributed by atoms with Crippen LogP contribution in [0.15, 0.2) is 144 Å². The summed E-state index contributed by atoms with van der Waals surface area (Å²) in [5, 5.41) is 0. The fraction of sp³-hybridized carbons (Fsp3) is 0.150. The van der Waals surface area contributed by atoms with Crippen LogP contribution in [0.25, 0.3) is 11.4 Å². The predicted octanol–water partition coefficient (Wildman–Crippen LogP) is 7.74. The zero-order chi connectivity index (χ0) is 31.2. The van der Waals surface area contributed by atoms with Gasteiger partial charge in [0.2, 0.25) is 0 Å². The van der Waals surface area contributed by atoms with E-state index in [1.807, 2.05) is 85.7 Å². The van der Waals surface area contributed by atoms with E-state index in [1.165, 1.54) is 33.4 Å². The summed E-state index contributed by atoms with van der Waals surface area (Å²) < 4.78 is 0. The summed E-state index contributed by atoms with van der Waals surface area (Å²) >= 11 is 0. The molecule has 2 aromatic carbocycles. The highest BCUT2D eigenvalue weighted by molar-refractivity contribution is 5.77. The molecule has 0 amide bonds. The number of benzene rings is 2. The third-order valence-electron chi connectivity index (χ3n) is 7.69. The molecule has 0 unspecified atom stereocenters. The third-order valence-corrected chi connectivity index (χ3v) is 7.69. The van der Waals surface area contributed by atoms with Gasteiger partial charge in [-0.25, -0.2) is 0 Å². The number of aryl methyl sites for hydroxylation is 4. The Morgan fingerprint density at radius 3 is 1.07 bits per heavy atom. The molecule has 0 spiro atoms. The van der Waals surface area contributed by atoms with Crippen molar-refractivity contribution in [1.29, 1.82) is 0 Å². The van der Waals surface area contributed by atoms with E-state index < -0.39 is 0 Å². The molecule has 0 saturated heterocycles. The van der Waals surface area contributed by atoms with E-state index in [9.17, 15) is 0 Å². The quantitative estimate of drug-likeness (QED) is 0.127. The molecule has 0 N–H and O–H groups in total. The lowest BCUT2D eigenvalue weighted by Gasteiger charge is -2.06. The Morgan fingerprint density at radius 2 is 0.739 bits per heavy atom. The number of hydrogen-bond acceptors (Lipinski definition) is 6. The second kappa shape index (κ2) is 15.9. The van der Waals surface area contributed by atoms with Crippen LogP contribution in [0.4, 0.5) is 0 Å². The van der Waals surface area contributed by atoms with Gasteiger partial charge in [-0.1, -0.05) is 84.9 Å². The summed E-state index contributed by atoms with van der Waals surface area (Å²) in [6, 6.07) is 37.1. The maximum atomic E-state index is 4.69. The minimum atomic E-state index is 0.660. The molecule has 6 rings (SSSR count). The van der Waals surface area contributed by atoms with Crippen molar-refractivity contribution in [2.24, 2.45) is 9.98 Å². The van der Waals surface area contributed by atoms with E-state index in [0.717, 1.165) is 48.5 Å². The lowest BCUT2D eigenvalue weighted by molar-refractivity contribution is 0.936. The Labute approximate surface area is 270 Å². The molecule has 6 nitrogen and oxygen atoms in total. The average Bonchev–Trinajstić information content (AvgIpc) is 3.12. The van der Waals surface area contributed by atoms with E-state index in [0.29, 0.717) is 13.1 Å². The van der Waals surface area contributed by atoms with Crippen LogP contribution in [-0.4, -0.2) is 32.4 Å². The van der Waals surface area contributed by atoms with Crippen LogP contribution in [0, 0.1) is 0 Å². The Bertz CT molecular complexity index is 1690. The molecule has 0 atom stereocenters. The molecule has 0 aliphatic rings. The highest BCUT2D eigenvalue weighted by Gasteiger charge is 2.04. The average molecular weight is 601 g/mol. The standard InChI is InChI=1S/C40H36N6/c1-3-7-31(8-4-1)23-41-29-37-19-15-33(25-43-37)11-13-35-17-21-39(45-27-35)40-22-18-36(28-46-40)14-12-34-16-20-38(44-26-34)30-42-24-32-9-5-2-6-10-32/h1-10,15-22,25-30H,11-14,23-24H2. The summed E-state index contributed by atoms with van der Waals surface area (Å²) in [6.07, 6.45) is 15.1. The number of nitrogens with zero attached hydrogens (tertiary/aromatic N) is 6. The third kappa shape index (κ3) is 9.19. The fourth-order valence-corrected chi connectivity index (χ4v) is 5.00. The maximum absolute atomic E-state index is 4.69. The molecule has 0 aliphatic carbocycles. The Balaban J connectivity index is 0.938. The monoisotopic (exact) mass is 600 g/mol. The predicted molar refractivity (Wildman–Crippen MR) is 186 cm³/mol. The Kier molecular flexibility index (Phi) is 10.5. The van der Waals surface area contributed by atoms with E-state index in [1.54, 1.807) is 0 Å². The van der Waals surface area contributed by atoms with Gasteiger partial charge in [-0.05, 0) is 83.3 Å². The van der Waals surface area contributed by atoms with Crippen LogP contribution in [0.3, 0.4) is 0 Å². The number of rotatable bonds is 13. The molecule has 4 aromatic heterocycles. The van der Waals surface area contributed by atoms with Gasteiger partial charge in [0.05, 0.1) is 35.9 Å². The number of hydrogen-bond donors (Lipinski definition) is 0. The minimum Gasteiger partial charge on any atom is -0.286 e. The molecule has 0 radical (unpaired) electrons. The van der Waals surface area contributed by atoms with Crippen molar-refractivity contribution in [1.82, 2.24) is 19.9 Å². The maximum Gasteiger partial charge on any atom is 0.0886 e. The second-order valence-electron chi connectivity index (χ2n) is 11.2. The number of aromatic nitrogens is 4. The minimum absolute atomic E-state index is 0.660. The summed E-state index contributed by atoms with van der Waals surface area (Å²) in [7, 11) is 0. The molecule has 0 fully saturated rings. The molecular weight excluding hydrogens is 564 g/mol. The zero-order valence-electron chi connectivity index (χ0n) is 25.8. The number of aliphatic imine (C=N–C) groups is 2. The normalized spacial score (nSPS) is 11.4. The van der Waals surface area contributed by atoms with Crippen molar-refractivity contribution < 1.29 is 0 Å². The lowest BCUT2D eigenvalue weighted by Crippen LogP contribution is -1.97. The first-order valence-electron chi connectivity index (χ1n) is 15.6. The second-order valence-corrected chi connectivity index (χ2v) is 11.2. The zero-order valence-corrected chi connectivity index (χ0v) is 25.8. The summed E-state index contributed by atoms with van der Waals surface area (Å²) in [4.78, 5) is 27.5. The van der Waals surface area contributed by atoms with Gasteiger partial charge in [-0.15, -0.1) is 0 Å². The van der Waals surface area contributed by atoms with Crippen molar-refractivity contribution in [3.05, 3.63) is 179 Å². The largest absolute Gasteiger partial charge is 0.286 e. The molecule has 0 saturated carbocycles. The SMILES string of the molecule is C(=NCc1ccccc1)c1ccc(CCc2ccc(-c3ccc(CCc4ccc(C=NCc5ccccc5)nc4)cn3)nc2)cn1. The molecule has 226 valence electrons. The van der Waals surface area contributed by atoms with Crippen LogP contribution < -0.4 is 0 Å². The fourth-order valence-electron chi connectivity index (χ4n) is 5.00. The first-order valence-corrected chi connectivity index (χ1v) is 15.6. The highest BCUT2D eigenvalue weighted by Crippen LogP contribution is 2.17. The van der Waals surface area contributed by atoms with Gasteiger partial charge < -0.3 is 0 Å². The van der Waals surface area contributed by atoms with Crippen molar-refractivity contribution in [2.45, 2.75) is 38.8 Å². The smallest absolute Gasteiger partial charge is 0.0886 e. The molecule has 4 heterocycles. The van der Waals surface area contributed by atoms with Crippen LogP contribution in [0.2, 0.25) is 0 Å². The van der Waals surface area contributed by atoms with Crippen LogP contribution in [-0.2, 0) is 38.8 Å². The summed E-state index contributed by atoms with van der Waals surface area (Å²) in [5.74, 6) is 0. The van der Waals surface area contributed by atoms with Gasteiger partial charge in [-0.3, -0.25) is 29.9 Å². The lowest BCUT2D eigenvalue weighted by atomic mass is 10.1. The molecule has 0 bridgehead atoms. The van der Waals surface area contributed by atoms with Gasteiger partial charge in [0, 0.05) is 37.2 Å². The molecular formula is C40H36N6. The topological polar surface area (TPSA) is 76.3 Å². The first-order chi connectivity index (χ1) is 22.8. The molecule has 6 aromatic rings. The van der Waals surface area contributed by atoms with Gasteiger partial charge in [0.1, 0.15) is 0 Å². The van der Waals surface area contributed by atoms with Gasteiger partial charge in [0.15, 0.2) is 0 Å². The van der Waals surface area contributed by atoms with E-state index in [2.05, 4.69) is 90.6 Å². The van der Waals surface area contributed by atoms with Crippen molar-refractivity contribution >= 4 is 12.4 Å². The van der Waals surface area contributed by atoms with E-state index >= 15 is 0 Å². The van der Waals surface area contributed by atoms with Crippen LogP contribution in [0.1, 0.15) is 44.8 Å².